The number of hydrogen-bond donors (Lipinski definition) is 0. The Morgan fingerprint density at radius 2 is 2.00 bits per heavy atom. The molecule has 11 heteroatoms. The van der Waals surface area contributed by atoms with Gasteiger partial charge in [0.25, 0.3) is 5.91 Å². The second-order valence-corrected chi connectivity index (χ2v) is 8.04. The quantitative estimate of drug-likeness (QED) is 0.344. The van der Waals surface area contributed by atoms with Gasteiger partial charge >= 0.3 is 6.18 Å². The van der Waals surface area contributed by atoms with Crippen molar-refractivity contribution in [2.45, 2.75) is 12.6 Å². The second kappa shape index (κ2) is 8.28. The number of nitrogens with zero attached hydrogens (tertiary/aromatic N) is 4. The third-order valence-corrected chi connectivity index (χ3v) is 5.93. The van der Waals surface area contributed by atoms with Crippen LogP contribution in [0.4, 0.5) is 17.6 Å². The fraction of sp³-hybridized carbons (Fsp3) is 0.174. The normalized spacial score (nSPS) is 14.5. The number of halogens is 5. The smallest absolute Gasteiger partial charge is 0.420 e. The maximum atomic E-state index is 13.8. The van der Waals surface area contributed by atoms with Crippen LogP contribution in [0, 0.1) is 5.82 Å². The number of pyridine rings is 2. The topological polar surface area (TPSA) is 63.6 Å². The van der Waals surface area contributed by atoms with Crippen LogP contribution in [-0.4, -0.2) is 38.3 Å². The van der Waals surface area contributed by atoms with Crippen molar-refractivity contribution in [3.63, 3.8) is 0 Å². The molecular weight excluding hydrogens is 476 g/mol. The lowest BCUT2D eigenvalue weighted by molar-refractivity contribution is -0.136. The van der Waals surface area contributed by atoms with Gasteiger partial charge in [-0.3, -0.25) is 14.2 Å². The molecule has 0 unspecified atom stereocenters. The monoisotopic (exact) mass is 490 g/mol. The summed E-state index contributed by atoms with van der Waals surface area (Å²) < 4.78 is 61.0. The number of imidazole rings is 1. The Labute approximate surface area is 195 Å². The van der Waals surface area contributed by atoms with Gasteiger partial charge in [-0.2, -0.15) is 13.2 Å². The van der Waals surface area contributed by atoms with Crippen LogP contribution in [0.1, 0.15) is 28.2 Å². The Hall–Kier alpha value is -3.66. The van der Waals surface area contributed by atoms with Gasteiger partial charge in [-0.15, -0.1) is 0 Å². The molecule has 0 fully saturated rings. The summed E-state index contributed by atoms with van der Waals surface area (Å²) in [6.45, 7) is 0.405. The maximum absolute atomic E-state index is 13.8. The van der Waals surface area contributed by atoms with E-state index in [1.165, 1.54) is 48.0 Å². The fourth-order valence-electron chi connectivity index (χ4n) is 3.86. The summed E-state index contributed by atoms with van der Waals surface area (Å²) in [5.74, 6) is -1.02. The van der Waals surface area contributed by atoms with E-state index in [1.807, 2.05) is 0 Å². The number of carbonyl (C=O) groups excluding carboxylic acids is 1. The zero-order valence-corrected chi connectivity index (χ0v) is 18.1. The Bertz CT molecular complexity index is 1430. The van der Waals surface area contributed by atoms with Crippen molar-refractivity contribution in [3.8, 4) is 11.1 Å². The molecule has 4 aromatic rings. The zero-order chi connectivity index (χ0) is 24.0. The highest BCUT2D eigenvalue weighted by Gasteiger charge is 2.36. The van der Waals surface area contributed by atoms with E-state index in [1.54, 1.807) is 6.08 Å². The largest absolute Gasteiger partial charge is 0.472 e. The van der Waals surface area contributed by atoms with Crippen molar-refractivity contribution in [2.75, 3.05) is 13.1 Å². The average molecular weight is 491 g/mol. The Morgan fingerprint density at radius 3 is 2.65 bits per heavy atom. The Kier molecular flexibility index (Phi) is 5.40. The lowest BCUT2D eigenvalue weighted by atomic mass is 10.0. The molecule has 4 aromatic heterocycles. The molecule has 1 amide bonds. The van der Waals surface area contributed by atoms with Crippen LogP contribution in [0.15, 0.2) is 59.7 Å². The van der Waals surface area contributed by atoms with Crippen LogP contribution in [0.2, 0.25) is 5.15 Å². The predicted octanol–water partition coefficient (Wildman–Crippen LogP) is 5.73. The lowest BCUT2D eigenvalue weighted by Crippen LogP contribution is -2.35. The standard InChI is InChI=1S/C23H15ClF4N4O2/c24-20-19(22(33)31-6-2-13(3-7-31)18-10-16(25)1-5-29-18)30-21-17(23(26,27)28)9-15(11-32(20)21)14-4-8-34-12-14/h1-2,4-5,8-12H,3,6-7H2. The summed E-state index contributed by atoms with van der Waals surface area (Å²) in [5, 5.41) is -0.225. The summed E-state index contributed by atoms with van der Waals surface area (Å²) in [6.07, 6.45) is 2.78. The van der Waals surface area contributed by atoms with E-state index in [0.717, 1.165) is 16.0 Å². The molecule has 0 saturated heterocycles. The van der Waals surface area contributed by atoms with Crippen molar-refractivity contribution in [3.05, 3.63) is 83.2 Å². The highest BCUT2D eigenvalue weighted by molar-refractivity contribution is 6.33. The molecule has 6 nitrogen and oxygen atoms in total. The number of hydrogen-bond acceptors (Lipinski definition) is 4. The fourth-order valence-corrected chi connectivity index (χ4v) is 4.12. The molecule has 0 aliphatic carbocycles. The maximum Gasteiger partial charge on any atom is 0.420 e. The summed E-state index contributed by atoms with van der Waals surface area (Å²) in [7, 11) is 0. The summed E-state index contributed by atoms with van der Waals surface area (Å²) in [5.41, 5.74) is 0.102. The van der Waals surface area contributed by atoms with Crippen LogP contribution in [0.3, 0.4) is 0 Å². The van der Waals surface area contributed by atoms with Gasteiger partial charge in [-0.25, -0.2) is 9.37 Å². The van der Waals surface area contributed by atoms with Gasteiger partial charge in [-0.05, 0) is 36.3 Å². The number of furan rings is 1. The number of amides is 1. The number of fused-ring (bicyclic) bond motifs is 1. The first-order valence-corrected chi connectivity index (χ1v) is 10.5. The van der Waals surface area contributed by atoms with Crippen molar-refractivity contribution in [1.29, 1.82) is 0 Å². The first kappa shape index (κ1) is 22.1. The molecule has 0 radical (unpaired) electrons. The number of alkyl halides is 3. The molecule has 5 rings (SSSR count). The van der Waals surface area contributed by atoms with E-state index in [9.17, 15) is 22.4 Å². The van der Waals surface area contributed by atoms with Crippen LogP contribution in [-0.2, 0) is 6.18 Å². The van der Waals surface area contributed by atoms with Gasteiger partial charge in [0.15, 0.2) is 11.3 Å². The number of aromatic nitrogens is 3. The Morgan fingerprint density at radius 1 is 1.18 bits per heavy atom. The van der Waals surface area contributed by atoms with Gasteiger partial charge in [0.05, 0.1) is 23.8 Å². The van der Waals surface area contributed by atoms with E-state index in [4.69, 9.17) is 16.0 Å². The SMILES string of the molecule is O=C(c1nc2c(C(F)(F)F)cc(-c3ccoc3)cn2c1Cl)N1CC=C(c2cc(F)ccn2)CC1. The van der Waals surface area contributed by atoms with Crippen LogP contribution in [0.5, 0.6) is 0 Å². The van der Waals surface area contributed by atoms with Crippen LogP contribution < -0.4 is 0 Å². The molecule has 0 spiro atoms. The summed E-state index contributed by atoms with van der Waals surface area (Å²) >= 11 is 6.36. The van der Waals surface area contributed by atoms with Gasteiger partial charge in [0.2, 0.25) is 0 Å². The third kappa shape index (κ3) is 3.94. The minimum atomic E-state index is -4.73. The molecule has 0 N–H and O–H groups in total. The molecule has 0 aromatic carbocycles. The van der Waals surface area contributed by atoms with Gasteiger partial charge in [0, 0.05) is 36.6 Å². The second-order valence-electron chi connectivity index (χ2n) is 7.69. The molecule has 0 atom stereocenters. The van der Waals surface area contributed by atoms with E-state index >= 15 is 0 Å². The number of carbonyl (C=O) groups is 1. The zero-order valence-electron chi connectivity index (χ0n) is 17.3. The van der Waals surface area contributed by atoms with Crippen molar-refractivity contribution in [2.24, 2.45) is 0 Å². The van der Waals surface area contributed by atoms with Crippen LogP contribution >= 0.6 is 11.6 Å². The highest BCUT2D eigenvalue weighted by atomic mass is 35.5. The van der Waals surface area contributed by atoms with Gasteiger partial charge in [-0.1, -0.05) is 17.7 Å². The first-order valence-electron chi connectivity index (χ1n) is 10.1. The molecule has 1 aliphatic rings. The minimum absolute atomic E-state index is 0.156. The van der Waals surface area contributed by atoms with Crippen LogP contribution in [0.25, 0.3) is 22.3 Å². The molecule has 0 saturated carbocycles. The molecule has 1 aliphatic heterocycles. The Balaban J connectivity index is 1.51. The highest BCUT2D eigenvalue weighted by Crippen LogP contribution is 2.37. The predicted molar refractivity (Wildman–Crippen MR) is 116 cm³/mol. The third-order valence-electron chi connectivity index (χ3n) is 5.57. The van der Waals surface area contributed by atoms with Crippen molar-refractivity contribution in [1.82, 2.24) is 19.3 Å². The van der Waals surface area contributed by atoms with E-state index in [2.05, 4.69) is 9.97 Å². The van der Waals surface area contributed by atoms with E-state index in [0.29, 0.717) is 17.7 Å². The first-order chi connectivity index (χ1) is 16.2. The van der Waals surface area contributed by atoms with Crippen molar-refractivity contribution < 1.29 is 26.8 Å². The number of rotatable bonds is 3. The molecule has 0 bridgehead atoms. The van der Waals surface area contributed by atoms with E-state index < -0.39 is 29.1 Å². The van der Waals surface area contributed by atoms with Crippen molar-refractivity contribution >= 4 is 28.7 Å². The summed E-state index contributed by atoms with van der Waals surface area (Å²) in [6, 6.07) is 5.00. The lowest BCUT2D eigenvalue weighted by Gasteiger charge is -2.25. The summed E-state index contributed by atoms with van der Waals surface area (Å²) in [4.78, 5) is 22.7. The minimum Gasteiger partial charge on any atom is -0.472 e. The molecule has 174 valence electrons. The average Bonchev–Trinajstić information content (AvgIpc) is 3.46. The molecule has 5 heterocycles. The van der Waals surface area contributed by atoms with Gasteiger partial charge < -0.3 is 9.32 Å². The molecular formula is C23H15ClF4N4O2. The van der Waals surface area contributed by atoms with Gasteiger partial charge in [0.1, 0.15) is 11.0 Å². The molecule has 34 heavy (non-hydrogen) atoms. The van der Waals surface area contributed by atoms with E-state index in [-0.39, 0.29) is 29.5 Å².